The molecule has 5 nitrogen and oxygen atoms in total. The van der Waals surface area contributed by atoms with Gasteiger partial charge in [-0.25, -0.2) is 0 Å². The molecule has 0 fully saturated rings. The van der Waals surface area contributed by atoms with Crippen molar-refractivity contribution in [3.8, 4) is 11.5 Å². The van der Waals surface area contributed by atoms with Crippen LogP contribution in [0, 0.1) is 5.92 Å². The summed E-state index contributed by atoms with van der Waals surface area (Å²) in [5.41, 5.74) is 0.704. The van der Waals surface area contributed by atoms with E-state index in [1.165, 1.54) is 19.1 Å². The monoisotopic (exact) mass is 348 g/mol. The number of allylic oxidation sites excluding steroid dienone is 3. The van der Waals surface area contributed by atoms with Gasteiger partial charge in [-0.05, 0) is 42.8 Å². The van der Waals surface area contributed by atoms with E-state index >= 15 is 0 Å². The Morgan fingerprint density at radius 1 is 1.04 bits per heavy atom. The quantitative estimate of drug-likeness (QED) is 0.468. The lowest BCUT2D eigenvalue weighted by Gasteiger charge is -2.15. The smallest absolute Gasteiger partial charge is 0.329 e. The average Bonchev–Trinajstić information content (AvgIpc) is 2.60. The fourth-order valence-corrected chi connectivity index (χ4v) is 2.48. The van der Waals surface area contributed by atoms with Gasteiger partial charge in [-0.15, -0.1) is 0 Å². The molecule has 1 aliphatic heterocycles. The minimum Gasteiger partial charge on any atom is -0.457 e. The summed E-state index contributed by atoms with van der Waals surface area (Å²) >= 11 is 0. The number of esters is 1. The first kappa shape index (κ1) is 17.4. The molecule has 0 N–H and O–H groups in total. The number of benzene rings is 2. The van der Waals surface area contributed by atoms with Crippen molar-refractivity contribution in [3.63, 3.8) is 0 Å². The van der Waals surface area contributed by atoms with Gasteiger partial charge < -0.3 is 9.47 Å². The summed E-state index contributed by atoms with van der Waals surface area (Å²) in [5.74, 6) is -1.95. The third-order valence-corrected chi connectivity index (χ3v) is 3.69. The van der Waals surface area contributed by atoms with Crippen molar-refractivity contribution in [2.24, 2.45) is 5.92 Å². The highest BCUT2D eigenvalue weighted by molar-refractivity contribution is 6.25. The molecule has 0 amide bonds. The molecule has 0 bridgehead atoms. The lowest BCUT2D eigenvalue weighted by Crippen LogP contribution is -2.34. The zero-order valence-corrected chi connectivity index (χ0v) is 14.0. The summed E-state index contributed by atoms with van der Waals surface area (Å²) in [6.07, 6.45) is 3.90. The van der Waals surface area contributed by atoms with E-state index < -0.39 is 23.5 Å². The molecule has 0 aromatic heterocycles. The Kier molecular flexibility index (Phi) is 5.08. The Bertz CT molecular complexity index is 909. The van der Waals surface area contributed by atoms with Crippen molar-refractivity contribution in [1.82, 2.24) is 0 Å². The molecular formula is C21H16O5. The Morgan fingerprint density at radius 3 is 2.50 bits per heavy atom. The van der Waals surface area contributed by atoms with Crippen molar-refractivity contribution in [3.05, 3.63) is 78.1 Å². The molecule has 26 heavy (non-hydrogen) atoms. The van der Waals surface area contributed by atoms with Crippen LogP contribution in [0.15, 0.2) is 72.5 Å². The maximum absolute atomic E-state index is 12.2. The molecule has 1 unspecified atom stereocenters. The van der Waals surface area contributed by atoms with Crippen LogP contribution < -0.4 is 4.74 Å². The first-order valence-corrected chi connectivity index (χ1v) is 8.01. The summed E-state index contributed by atoms with van der Waals surface area (Å²) in [4.78, 5) is 35.8. The van der Waals surface area contributed by atoms with E-state index in [-0.39, 0.29) is 5.76 Å². The van der Waals surface area contributed by atoms with Crippen molar-refractivity contribution >= 4 is 23.6 Å². The molecule has 130 valence electrons. The second-order valence-corrected chi connectivity index (χ2v) is 5.73. The second-order valence-electron chi connectivity index (χ2n) is 5.73. The Labute approximate surface area is 150 Å². The van der Waals surface area contributed by atoms with Gasteiger partial charge in [0.25, 0.3) is 0 Å². The van der Waals surface area contributed by atoms with Gasteiger partial charge in [-0.1, -0.05) is 36.4 Å². The Morgan fingerprint density at radius 2 is 1.77 bits per heavy atom. The number of rotatable bonds is 5. The number of para-hydroxylation sites is 1. The van der Waals surface area contributed by atoms with Crippen LogP contribution in [0.1, 0.15) is 12.5 Å². The standard InChI is InChI=1S/C21H16O5/c1-14-12-19(23)20(21(24)25-14)18(22)11-10-15-6-5-9-17(13-15)26-16-7-3-2-4-8-16/h2-13,20H,1H3/b11-10+. The van der Waals surface area contributed by atoms with Gasteiger partial charge in [0.15, 0.2) is 17.5 Å². The van der Waals surface area contributed by atoms with E-state index in [2.05, 4.69) is 0 Å². The molecule has 2 aromatic rings. The molecule has 0 spiro atoms. The summed E-state index contributed by atoms with van der Waals surface area (Å²) < 4.78 is 10.6. The topological polar surface area (TPSA) is 69.7 Å². The molecule has 0 aliphatic carbocycles. The van der Waals surface area contributed by atoms with Gasteiger partial charge in [0.1, 0.15) is 17.3 Å². The summed E-state index contributed by atoms with van der Waals surface area (Å²) in [7, 11) is 0. The SMILES string of the molecule is CC1=CC(=O)C(C(=O)/C=C/c2cccc(Oc3ccccc3)c2)C(=O)O1. The van der Waals surface area contributed by atoms with Gasteiger partial charge >= 0.3 is 5.97 Å². The number of ketones is 2. The van der Waals surface area contributed by atoms with Crippen LogP contribution in [0.25, 0.3) is 6.08 Å². The Balaban J connectivity index is 1.72. The highest BCUT2D eigenvalue weighted by atomic mass is 16.5. The zero-order chi connectivity index (χ0) is 18.5. The summed E-state index contributed by atoms with van der Waals surface area (Å²) in [6, 6.07) is 16.4. The van der Waals surface area contributed by atoms with E-state index in [1.54, 1.807) is 24.3 Å². The average molecular weight is 348 g/mol. The van der Waals surface area contributed by atoms with E-state index in [0.29, 0.717) is 17.1 Å². The first-order valence-electron chi connectivity index (χ1n) is 8.01. The van der Waals surface area contributed by atoms with Crippen LogP contribution in [0.4, 0.5) is 0 Å². The molecule has 1 heterocycles. The van der Waals surface area contributed by atoms with Crippen LogP contribution in [-0.4, -0.2) is 17.5 Å². The van der Waals surface area contributed by atoms with Crippen molar-refractivity contribution < 1.29 is 23.9 Å². The molecule has 0 saturated heterocycles. The number of ether oxygens (including phenoxy) is 2. The van der Waals surface area contributed by atoms with Crippen LogP contribution in [-0.2, 0) is 19.1 Å². The van der Waals surface area contributed by atoms with Gasteiger partial charge in [-0.2, -0.15) is 0 Å². The predicted molar refractivity (Wildman–Crippen MR) is 95.3 cm³/mol. The number of cyclic esters (lactones) is 1. The highest BCUT2D eigenvalue weighted by Crippen LogP contribution is 2.23. The van der Waals surface area contributed by atoms with Gasteiger partial charge in [0, 0.05) is 6.08 Å². The number of carbonyl (C=O) groups excluding carboxylic acids is 3. The van der Waals surface area contributed by atoms with E-state index in [4.69, 9.17) is 9.47 Å². The number of carbonyl (C=O) groups is 3. The van der Waals surface area contributed by atoms with Crippen molar-refractivity contribution in [2.45, 2.75) is 6.92 Å². The normalized spacial score (nSPS) is 17.0. The maximum Gasteiger partial charge on any atom is 0.329 e. The molecule has 1 aliphatic rings. The van der Waals surface area contributed by atoms with E-state index in [0.717, 1.165) is 6.08 Å². The minimum absolute atomic E-state index is 0.193. The lowest BCUT2D eigenvalue weighted by atomic mass is 9.96. The lowest BCUT2D eigenvalue weighted by molar-refractivity contribution is -0.151. The molecule has 0 radical (unpaired) electrons. The van der Waals surface area contributed by atoms with Gasteiger partial charge in [-0.3, -0.25) is 14.4 Å². The molecule has 0 saturated carbocycles. The van der Waals surface area contributed by atoms with Crippen molar-refractivity contribution in [1.29, 1.82) is 0 Å². The second kappa shape index (κ2) is 7.61. The molecular weight excluding hydrogens is 332 g/mol. The minimum atomic E-state index is -1.43. The maximum atomic E-state index is 12.2. The predicted octanol–water partition coefficient (Wildman–Crippen LogP) is 3.71. The summed E-state index contributed by atoms with van der Waals surface area (Å²) in [5, 5.41) is 0. The fourth-order valence-electron chi connectivity index (χ4n) is 2.48. The van der Waals surface area contributed by atoms with Gasteiger partial charge in [0.2, 0.25) is 0 Å². The number of hydrogen-bond donors (Lipinski definition) is 0. The van der Waals surface area contributed by atoms with Crippen LogP contribution >= 0.6 is 0 Å². The third-order valence-electron chi connectivity index (χ3n) is 3.69. The third kappa shape index (κ3) is 4.13. The van der Waals surface area contributed by atoms with E-state index in [1.807, 2.05) is 30.3 Å². The van der Waals surface area contributed by atoms with Crippen LogP contribution in [0.3, 0.4) is 0 Å². The molecule has 3 rings (SSSR count). The molecule has 1 atom stereocenters. The molecule has 5 heteroatoms. The Hall–Kier alpha value is -3.47. The largest absolute Gasteiger partial charge is 0.457 e. The molecule has 2 aromatic carbocycles. The van der Waals surface area contributed by atoms with Crippen LogP contribution in [0.5, 0.6) is 11.5 Å². The highest BCUT2D eigenvalue weighted by Gasteiger charge is 2.36. The van der Waals surface area contributed by atoms with E-state index in [9.17, 15) is 14.4 Å². The summed E-state index contributed by atoms with van der Waals surface area (Å²) in [6.45, 7) is 1.49. The first-order chi connectivity index (χ1) is 12.5. The fraction of sp³-hybridized carbons (Fsp3) is 0.0952. The van der Waals surface area contributed by atoms with Crippen LogP contribution in [0.2, 0.25) is 0 Å². The number of hydrogen-bond acceptors (Lipinski definition) is 5. The van der Waals surface area contributed by atoms with Crippen molar-refractivity contribution in [2.75, 3.05) is 0 Å². The zero-order valence-electron chi connectivity index (χ0n) is 14.0. The van der Waals surface area contributed by atoms with Gasteiger partial charge in [0.05, 0.1) is 0 Å².